The van der Waals surface area contributed by atoms with Gasteiger partial charge in [-0.25, -0.2) is 0 Å². The molecule has 0 radical (unpaired) electrons. The zero-order chi connectivity index (χ0) is 17.5. The van der Waals surface area contributed by atoms with Crippen molar-refractivity contribution >= 4 is 27.7 Å². The van der Waals surface area contributed by atoms with Gasteiger partial charge in [-0.2, -0.15) is 0 Å². The molecular weight excluding hydrogens is 332 g/mol. The van der Waals surface area contributed by atoms with Crippen LogP contribution in [0.15, 0.2) is 48.0 Å². The van der Waals surface area contributed by atoms with Crippen molar-refractivity contribution in [2.75, 3.05) is 0 Å². The molecule has 2 heteroatoms. The average Bonchev–Trinajstić information content (AvgIpc) is 2.93. The van der Waals surface area contributed by atoms with Gasteiger partial charge in [0.05, 0.1) is 5.25 Å². The first-order valence-electron chi connectivity index (χ1n) is 8.55. The van der Waals surface area contributed by atoms with Crippen LogP contribution >= 0.6 is 21.7 Å². The van der Waals surface area contributed by atoms with Crippen molar-refractivity contribution < 1.29 is 0 Å². The summed E-state index contributed by atoms with van der Waals surface area (Å²) in [6.45, 7) is 11.2. The highest BCUT2D eigenvalue weighted by atomic mass is 35.7. The monoisotopic (exact) mass is 356 g/mol. The van der Waals surface area contributed by atoms with Crippen molar-refractivity contribution in [3.63, 3.8) is 0 Å². The highest BCUT2D eigenvalue weighted by Crippen LogP contribution is 2.50. The summed E-state index contributed by atoms with van der Waals surface area (Å²) in [5.41, 5.74) is 8.23. The van der Waals surface area contributed by atoms with Crippen molar-refractivity contribution in [3.05, 3.63) is 64.7 Å². The zero-order valence-corrected chi connectivity index (χ0v) is 16.6. The topological polar surface area (TPSA) is 0 Å². The van der Waals surface area contributed by atoms with Crippen molar-refractivity contribution in [2.45, 2.75) is 45.3 Å². The third-order valence-corrected chi connectivity index (χ3v) is 6.09. The van der Waals surface area contributed by atoms with Crippen LogP contribution in [0.5, 0.6) is 0 Å². The fraction of sp³-hybridized carbons (Fsp3) is 0.364. The van der Waals surface area contributed by atoms with E-state index in [1.54, 1.807) is 0 Å². The molecule has 0 aromatic heterocycles. The second-order valence-corrected chi connectivity index (χ2v) is 9.09. The van der Waals surface area contributed by atoms with E-state index in [-0.39, 0.29) is 10.7 Å². The van der Waals surface area contributed by atoms with E-state index in [0.717, 1.165) is 0 Å². The van der Waals surface area contributed by atoms with E-state index in [1.807, 2.05) is 0 Å². The summed E-state index contributed by atoms with van der Waals surface area (Å²) in [6.07, 6.45) is 2.35. The van der Waals surface area contributed by atoms with Crippen molar-refractivity contribution in [3.8, 4) is 11.1 Å². The van der Waals surface area contributed by atoms with Crippen LogP contribution in [0.3, 0.4) is 0 Å². The lowest BCUT2D eigenvalue weighted by molar-refractivity contribution is 0.590. The van der Waals surface area contributed by atoms with Gasteiger partial charge < -0.3 is 0 Å². The predicted molar refractivity (Wildman–Crippen MR) is 110 cm³/mol. The van der Waals surface area contributed by atoms with Crippen LogP contribution in [0.4, 0.5) is 0 Å². The molecule has 24 heavy (non-hydrogen) atoms. The molecule has 0 spiro atoms. The molecule has 0 saturated carbocycles. The predicted octanol–water partition coefficient (Wildman–Crippen LogP) is 7.63. The molecule has 0 nitrogen and oxygen atoms in total. The maximum Gasteiger partial charge on any atom is 0.0670 e. The lowest BCUT2D eigenvalue weighted by atomic mass is 9.86. The highest BCUT2D eigenvalue weighted by Gasteiger charge is 2.28. The first-order chi connectivity index (χ1) is 11.3. The summed E-state index contributed by atoms with van der Waals surface area (Å²) >= 11 is 0. The van der Waals surface area contributed by atoms with Crippen molar-refractivity contribution in [2.24, 2.45) is 5.92 Å². The smallest absolute Gasteiger partial charge is 0.0613 e. The third-order valence-electron chi connectivity index (χ3n) is 4.85. The summed E-state index contributed by atoms with van der Waals surface area (Å²) in [4.78, 5) is 0. The molecule has 2 aromatic rings. The molecule has 1 atom stereocenters. The number of hydrogen-bond acceptors (Lipinski definition) is 1. The Morgan fingerprint density at radius 2 is 1.67 bits per heavy atom. The Labute approximate surface area is 154 Å². The fourth-order valence-electron chi connectivity index (χ4n) is 3.37. The Bertz CT molecular complexity index is 764. The molecule has 126 valence electrons. The summed E-state index contributed by atoms with van der Waals surface area (Å²) < 4.78 is 0. The molecule has 0 aliphatic heterocycles. The molecule has 0 N–H and O–H groups in total. The fourth-order valence-corrected chi connectivity index (χ4v) is 4.71. The van der Waals surface area contributed by atoms with Gasteiger partial charge in [0, 0.05) is 0 Å². The summed E-state index contributed by atoms with van der Waals surface area (Å²) in [6, 6.07) is 15.6. The number of hydrogen-bond donors (Lipinski definition) is 0. The quantitative estimate of drug-likeness (QED) is 0.544. The molecule has 1 aliphatic carbocycles. The van der Waals surface area contributed by atoms with Crippen LogP contribution < -0.4 is 0 Å². The maximum absolute atomic E-state index is 6.22. The molecule has 3 rings (SSSR count). The van der Waals surface area contributed by atoms with E-state index in [1.165, 1.54) is 44.4 Å². The Balaban J connectivity index is 2.08. The third kappa shape index (κ3) is 3.17. The van der Waals surface area contributed by atoms with Crippen LogP contribution in [-0.4, -0.2) is 0 Å². The second-order valence-electron chi connectivity index (χ2n) is 7.90. The Kier molecular flexibility index (Phi) is 4.86. The van der Waals surface area contributed by atoms with E-state index in [9.17, 15) is 0 Å². The first kappa shape index (κ1) is 17.6. The van der Waals surface area contributed by atoms with Gasteiger partial charge in [-0.1, -0.05) is 83.2 Å². The van der Waals surface area contributed by atoms with E-state index in [2.05, 4.69) is 83.2 Å². The first-order valence-corrected chi connectivity index (χ1v) is 10.3. The minimum atomic E-state index is 0.183. The SMILES string of the molecule is CC(C)C1=Cc2c(-c3ccc(C(C)(C)C)cc3)cccc2C1SCl. The van der Waals surface area contributed by atoms with Crippen LogP contribution in [-0.2, 0) is 5.41 Å². The van der Waals surface area contributed by atoms with Crippen molar-refractivity contribution in [1.82, 2.24) is 0 Å². The van der Waals surface area contributed by atoms with Crippen LogP contribution in [0.25, 0.3) is 17.2 Å². The molecule has 1 aliphatic rings. The van der Waals surface area contributed by atoms with Gasteiger partial charge in [0.15, 0.2) is 0 Å². The molecule has 0 bridgehead atoms. The standard InChI is InChI=1S/C22H25ClS/c1-14(2)19-13-20-17(7-6-8-18(20)21(19)24-23)15-9-11-16(12-10-15)22(3,4)5/h6-14,21H,1-5H3. The van der Waals surface area contributed by atoms with Gasteiger partial charge in [-0.15, -0.1) is 0 Å². The van der Waals surface area contributed by atoms with Crippen LogP contribution in [0.2, 0.25) is 0 Å². The molecule has 0 heterocycles. The normalized spacial score (nSPS) is 17.1. The molecule has 0 saturated heterocycles. The van der Waals surface area contributed by atoms with Gasteiger partial charge >= 0.3 is 0 Å². The summed E-state index contributed by atoms with van der Waals surface area (Å²) in [7, 11) is 7.64. The number of halogens is 1. The van der Waals surface area contributed by atoms with E-state index in [4.69, 9.17) is 10.7 Å². The number of rotatable bonds is 3. The minimum absolute atomic E-state index is 0.183. The van der Waals surface area contributed by atoms with Gasteiger partial charge in [-0.3, -0.25) is 0 Å². The van der Waals surface area contributed by atoms with E-state index < -0.39 is 0 Å². The Morgan fingerprint density at radius 1 is 1.00 bits per heavy atom. The van der Waals surface area contributed by atoms with Crippen LogP contribution in [0, 0.1) is 5.92 Å². The average molecular weight is 357 g/mol. The lowest BCUT2D eigenvalue weighted by Crippen LogP contribution is -2.10. The van der Waals surface area contributed by atoms with E-state index in [0.29, 0.717) is 5.92 Å². The second kappa shape index (κ2) is 6.61. The summed E-state index contributed by atoms with van der Waals surface area (Å²) in [5, 5.41) is 0.274. The van der Waals surface area contributed by atoms with Gasteiger partial charge in [0.1, 0.15) is 0 Å². The summed E-state index contributed by atoms with van der Waals surface area (Å²) in [5.74, 6) is 0.504. The molecule has 0 amide bonds. The number of benzene rings is 2. The van der Waals surface area contributed by atoms with Gasteiger partial charge in [-0.05, 0) is 66.4 Å². The van der Waals surface area contributed by atoms with Crippen LogP contribution in [0.1, 0.15) is 56.6 Å². The Morgan fingerprint density at radius 3 is 2.21 bits per heavy atom. The molecule has 1 unspecified atom stereocenters. The largest absolute Gasteiger partial charge is 0.0670 e. The minimum Gasteiger partial charge on any atom is -0.0613 e. The maximum atomic E-state index is 6.22. The highest BCUT2D eigenvalue weighted by molar-refractivity contribution is 8.21. The molecular formula is C22H25ClS. The van der Waals surface area contributed by atoms with E-state index >= 15 is 0 Å². The van der Waals surface area contributed by atoms with Gasteiger partial charge in [0.2, 0.25) is 0 Å². The Hall–Kier alpha value is -1.18. The molecule has 0 fully saturated rings. The van der Waals surface area contributed by atoms with Crippen molar-refractivity contribution in [1.29, 1.82) is 0 Å². The lowest BCUT2D eigenvalue weighted by Gasteiger charge is -2.19. The molecule has 2 aromatic carbocycles. The zero-order valence-electron chi connectivity index (χ0n) is 15.1. The number of fused-ring (bicyclic) bond motifs is 1. The van der Waals surface area contributed by atoms with Gasteiger partial charge in [0.25, 0.3) is 0 Å².